The van der Waals surface area contributed by atoms with Crippen LogP contribution < -0.4 is 14.8 Å². The average molecular weight is 283 g/mol. The highest BCUT2D eigenvalue weighted by atomic mass is 16.5. The van der Waals surface area contributed by atoms with Crippen molar-refractivity contribution in [3.8, 4) is 11.5 Å². The second kappa shape index (κ2) is 9.58. The van der Waals surface area contributed by atoms with Crippen molar-refractivity contribution in [1.82, 2.24) is 5.32 Å². The molecule has 0 saturated heterocycles. The summed E-state index contributed by atoms with van der Waals surface area (Å²) in [5, 5.41) is 3.24. The summed E-state index contributed by atoms with van der Waals surface area (Å²) in [5.41, 5.74) is 1.03. The second-order valence-corrected chi connectivity index (χ2v) is 4.37. The Morgan fingerprint density at radius 3 is 2.50 bits per heavy atom. The van der Waals surface area contributed by atoms with Crippen LogP contribution in [0.5, 0.6) is 11.5 Å². The third kappa shape index (κ3) is 5.00. The summed E-state index contributed by atoms with van der Waals surface area (Å²) in [6, 6.07) is 5.82. The molecule has 0 aliphatic carbocycles. The summed E-state index contributed by atoms with van der Waals surface area (Å²) in [5.74, 6) is 1.63. The fourth-order valence-corrected chi connectivity index (χ4v) is 1.95. The normalized spacial score (nSPS) is 12.2. The minimum Gasteiger partial charge on any atom is -0.497 e. The van der Waals surface area contributed by atoms with Gasteiger partial charge < -0.3 is 24.3 Å². The number of hydrogen-bond acceptors (Lipinski definition) is 5. The Morgan fingerprint density at radius 2 is 1.90 bits per heavy atom. The van der Waals surface area contributed by atoms with E-state index < -0.39 is 0 Å². The summed E-state index contributed by atoms with van der Waals surface area (Å²) in [7, 11) is 6.91. The van der Waals surface area contributed by atoms with E-state index in [4.69, 9.17) is 18.9 Å². The quantitative estimate of drug-likeness (QED) is 0.666. The first-order valence-corrected chi connectivity index (χ1v) is 6.72. The molecule has 1 rings (SSSR count). The van der Waals surface area contributed by atoms with Gasteiger partial charge in [-0.25, -0.2) is 0 Å². The zero-order valence-corrected chi connectivity index (χ0v) is 12.8. The Labute approximate surface area is 121 Å². The van der Waals surface area contributed by atoms with Crippen LogP contribution in [0.1, 0.15) is 18.0 Å². The average Bonchev–Trinajstić information content (AvgIpc) is 2.50. The van der Waals surface area contributed by atoms with Crippen molar-refractivity contribution < 1.29 is 18.9 Å². The van der Waals surface area contributed by atoms with E-state index in [1.165, 1.54) is 0 Å². The van der Waals surface area contributed by atoms with E-state index in [1.54, 1.807) is 21.3 Å². The third-order valence-electron chi connectivity index (χ3n) is 3.08. The molecule has 0 aromatic heterocycles. The number of nitrogens with one attached hydrogen (secondary N) is 1. The van der Waals surface area contributed by atoms with E-state index >= 15 is 0 Å². The molecule has 20 heavy (non-hydrogen) atoms. The maximum atomic E-state index is 5.68. The lowest BCUT2D eigenvalue weighted by Crippen LogP contribution is -2.23. The van der Waals surface area contributed by atoms with Crippen molar-refractivity contribution in [2.75, 3.05) is 48.2 Å². The molecule has 1 aromatic carbocycles. The molecule has 1 unspecified atom stereocenters. The van der Waals surface area contributed by atoms with Crippen LogP contribution in [0.3, 0.4) is 0 Å². The van der Waals surface area contributed by atoms with Gasteiger partial charge in [0, 0.05) is 25.9 Å². The molecule has 0 saturated carbocycles. The molecule has 1 aromatic rings. The summed E-state index contributed by atoms with van der Waals surface area (Å²) < 4.78 is 21.3. The zero-order valence-electron chi connectivity index (χ0n) is 12.8. The van der Waals surface area contributed by atoms with Gasteiger partial charge in [0.2, 0.25) is 0 Å². The van der Waals surface area contributed by atoms with Gasteiger partial charge in [-0.2, -0.15) is 0 Å². The van der Waals surface area contributed by atoms with Crippen LogP contribution in [0.4, 0.5) is 0 Å². The number of methoxy groups -OCH3 is 3. The minimum atomic E-state index is 0.0580. The van der Waals surface area contributed by atoms with E-state index in [1.807, 2.05) is 25.2 Å². The van der Waals surface area contributed by atoms with Crippen LogP contribution in [0.15, 0.2) is 18.2 Å². The second-order valence-electron chi connectivity index (χ2n) is 4.37. The highest BCUT2D eigenvalue weighted by Gasteiger charge is 2.15. The molecule has 0 fully saturated rings. The molecule has 0 amide bonds. The fraction of sp³-hybridized carbons (Fsp3) is 0.600. The Morgan fingerprint density at radius 1 is 1.10 bits per heavy atom. The van der Waals surface area contributed by atoms with Crippen molar-refractivity contribution in [3.05, 3.63) is 23.8 Å². The Bertz CT molecular complexity index is 384. The molecule has 114 valence electrons. The van der Waals surface area contributed by atoms with Crippen LogP contribution in [-0.4, -0.2) is 48.2 Å². The lowest BCUT2D eigenvalue weighted by Gasteiger charge is -2.20. The highest BCUT2D eigenvalue weighted by molar-refractivity contribution is 5.42. The van der Waals surface area contributed by atoms with Crippen molar-refractivity contribution >= 4 is 0 Å². The van der Waals surface area contributed by atoms with Gasteiger partial charge >= 0.3 is 0 Å². The minimum absolute atomic E-state index is 0.0580. The molecule has 0 aliphatic rings. The number of likely N-dealkylation sites (N-methyl/N-ethyl adjacent to an activating group) is 1. The number of benzene rings is 1. The smallest absolute Gasteiger partial charge is 0.123 e. The molecule has 1 atom stereocenters. The standard InChI is InChI=1S/C15H25NO4/c1-16-14(11-20-9-5-8-17-2)13-10-12(18-3)6-7-15(13)19-4/h6-7,10,14,16H,5,8-9,11H2,1-4H3. The third-order valence-corrected chi connectivity index (χ3v) is 3.08. The van der Waals surface area contributed by atoms with Crippen molar-refractivity contribution in [1.29, 1.82) is 0 Å². The first kappa shape index (κ1) is 16.8. The molecule has 1 N–H and O–H groups in total. The largest absolute Gasteiger partial charge is 0.497 e. The maximum absolute atomic E-state index is 5.68. The zero-order chi connectivity index (χ0) is 14.8. The first-order chi connectivity index (χ1) is 9.76. The van der Waals surface area contributed by atoms with Crippen LogP contribution in [-0.2, 0) is 9.47 Å². The van der Waals surface area contributed by atoms with E-state index in [9.17, 15) is 0 Å². The summed E-state index contributed by atoms with van der Waals surface area (Å²) in [6.45, 7) is 1.97. The predicted molar refractivity (Wildman–Crippen MR) is 78.7 cm³/mol. The van der Waals surface area contributed by atoms with Crippen molar-refractivity contribution in [2.45, 2.75) is 12.5 Å². The Balaban J connectivity index is 2.67. The lowest BCUT2D eigenvalue weighted by molar-refractivity contribution is 0.0884. The Hall–Kier alpha value is -1.30. The van der Waals surface area contributed by atoms with Gasteiger partial charge in [0.1, 0.15) is 11.5 Å². The molecule has 0 heterocycles. The van der Waals surface area contributed by atoms with Crippen LogP contribution >= 0.6 is 0 Å². The van der Waals surface area contributed by atoms with Gasteiger partial charge in [-0.05, 0) is 31.7 Å². The van der Waals surface area contributed by atoms with Gasteiger partial charge in [0.05, 0.1) is 26.9 Å². The van der Waals surface area contributed by atoms with Crippen molar-refractivity contribution in [2.24, 2.45) is 0 Å². The molecule has 0 bridgehead atoms. The van der Waals surface area contributed by atoms with Gasteiger partial charge in [-0.15, -0.1) is 0 Å². The monoisotopic (exact) mass is 283 g/mol. The van der Waals surface area contributed by atoms with Crippen LogP contribution in [0, 0.1) is 0 Å². The van der Waals surface area contributed by atoms with E-state index in [0.717, 1.165) is 23.5 Å². The van der Waals surface area contributed by atoms with Crippen LogP contribution in [0.25, 0.3) is 0 Å². The molecule has 0 radical (unpaired) electrons. The Kier molecular flexibility index (Phi) is 8.02. The molecule has 5 nitrogen and oxygen atoms in total. The maximum Gasteiger partial charge on any atom is 0.123 e. The van der Waals surface area contributed by atoms with Crippen LogP contribution in [0.2, 0.25) is 0 Å². The SMILES string of the molecule is CNC(COCCCOC)c1cc(OC)ccc1OC. The highest BCUT2D eigenvalue weighted by Crippen LogP contribution is 2.29. The van der Waals surface area contributed by atoms with E-state index in [0.29, 0.717) is 19.8 Å². The molecule has 0 aliphatic heterocycles. The first-order valence-electron chi connectivity index (χ1n) is 6.72. The number of rotatable bonds is 10. The number of ether oxygens (including phenoxy) is 4. The molecular weight excluding hydrogens is 258 g/mol. The van der Waals surface area contributed by atoms with E-state index in [-0.39, 0.29) is 6.04 Å². The van der Waals surface area contributed by atoms with Gasteiger partial charge in [-0.3, -0.25) is 0 Å². The van der Waals surface area contributed by atoms with E-state index in [2.05, 4.69) is 5.32 Å². The summed E-state index contributed by atoms with van der Waals surface area (Å²) in [6.07, 6.45) is 0.891. The van der Waals surface area contributed by atoms with Gasteiger partial charge in [0.25, 0.3) is 0 Å². The lowest BCUT2D eigenvalue weighted by atomic mass is 10.1. The summed E-state index contributed by atoms with van der Waals surface area (Å²) >= 11 is 0. The summed E-state index contributed by atoms with van der Waals surface area (Å²) in [4.78, 5) is 0. The predicted octanol–water partition coefficient (Wildman–Crippen LogP) is 2.02. The van der Waals surface area contributed by atoms with Gasteiger partial charge in [0.15, 0.2) is 0 Å². The molecule has 0 spiro atoms. The molecule has 5 heteroatoms. The molecular formula is C15H25NO4. The fourth-order valence-electron chi connectivity index (χ4n) is 1.95. The number of hydrogen-bond donors (Lipinski definition) is 1. The van der Waals surface area contributed by atoms with Gasteiger partial charge in [-0.1, -0.05) is 0 Å². The van der Waals surface area contributed by atoms with Crippen molar-refractivity contribution in [3.63, 3.8) is 0 Å². The topological polar surface area (TPSA) is 49.0 Å².